The predicted octanol–water partition coefficient (Wildman–Crippen LogP) is 1.89. The molecule has 1 rings (SSSR count). The summed E-state index contributed by atoms with van der Waals surface area (Å²) in [4.78, 5) is 22.1. The summed E-state index contributed by atoms with van der Waals surface area (Å²) < 4.78 is 35.9. The van der Waals surface area contributed by atoms with E-state index in [4.69, 9.17) is 5.73 Å². The molecule has 0 radical (unpaired) electrons. The van der Waals surface area contributed by atoms with E-state index in [1.165, 1.54) is 12.1 Å². The highest BCUT2D eigenvalue weighted by molar-refractivity contribution is 6.09. The summed E-state index contributed by atoms with van der Waals surface area (Å²) in [6.07, 6.45) is -5.50. The van der Waals surface area contributed by atoms with Crippen LogP contribution in [0.2, 0.25) is 0 Å². The SMILES string of the molecule is NCCc1ccc(C(=O)CC(=O)C(F)(F)F)cc1. The molecular weight excluding hydrogens is 247 g/mol. The molecule has 98 valence electrons. The molecule has 0 bridgehead atoms. The van der Waals surface area contributed by atoms with E-state index >= 15 is 0 Å². The molecule has 0 aliphatic rings. The van der Waals surface area contributed by atoms with Gasteiger partial charge in [-0.3, -0.25) is 9.59 Å². The van der Waals surface area contributed by atoms with Gasteiger partial charge in [0.05, 0.1) is 6.42 Å². The fraction of sp³-hybridized carbons (Fsp3) is 0.333. The average Bonchev–Trinajstić information content (AvgIpc) is 2.29. The van der Waals surface area contributed by atoms with Crippen LogP contribution in [-0.4, -0.2) is 24.3 Å². The molecule has 2 N–H and O–H groups in total. The Morgan fingerprint density at radius 1 is 1.11 bits per heavy atom. The molecule has 0 unspecified atom stereocenters. The van der Waals surface area contributed by atoms with Gasteiger partial charge in [0.25, 0.3) is 0 Å². The van der Waals surface area contributed by atoms with E-state index in [9.17, 15) is 22.8 Å². The molecule has 0 saturated carbocycles. The highest BCUT2D eigenvalue weighted by atomic mass is 19.4. The van der Waals surface area contributed by atoms with Gasteiger partial charge in [-0.2, -0.15) is 13.2 Å². The summed E-state index contributed by atoms with van der Waals surface area (Å²) in [6, 6.07) is 6.02. The Morgan fingerprint density at radius 2 is 1.67 bits per heavy atom. The van der Waals surface area contributed by atoms with Gasteiger partial charge in [0.2, 0.25) is 5.78 Å². The van der Waals surface area contributed by atoms with Crippen molar-refractivity contribution in [3.63, 3.8) is 0 Å². The fourth-order valence-corrected chi connectivity index (χ4v) is 1.37. The first-order chi connectivity index (χ1) is 8.34. The number of carbonyl (C=O) groups is 2. The molecule has 0 aliphatic heterocycles. The van der Waals surface area contributed by atoms with E-state index in [-0.39, 0.29) is 5.56 Å². The van der Waals surface area contributed by atoms with Crippen molar-refractivity contribution >= 4 is 11.6 Å². The first kappa shape index (κ1) is 14.4. The van der Waals surface area contributed by atoms with Gasteiger partial charge in [-0.05, 0) is 18.5 Å². The third-order valence-electron chi connectivity index (χ3n) is 2.35. The number of ketones is 2. The zero-order valence-corrected chi connectivity index (χ0v) is 9.46. The van der Waals surface area contributed by atoms with Crippen molar-refractivity contribution < 1.29 is 22.8 Å². The van der Waals surface area contributed by atoms with E-state index in [0.29, 0.717) is 13.0 Å². The molecule has 1 aromatic rings. The quantitative estimate of drug-likeness (QED) is 0.649. The number of Topliss-reactive ketones (excluding diaryl/α,β-unsaturated/α-hetero) is 2. The Bertz CT molecular complexity index is 438. The zero-order chi connectivity index (χ0) is 13.8. The minimum absolute atomic E-state index is 0.0911. The molecule has 18 heavy (non-hydrogen) atoms. The third-order valence-corrected chi connectivity index (χ3v) is 2.35. The molecule has 0 aliphatic carbocycles. The first-order valence-electron chi connectivity index (χ1n) is 5.27. The lowest BCUT2D eigenvalue weighted by Gasteiger charge is -2.05. The van der Waals surface area contributed by atoms with Gasteiger partial charge in [0, 0.05) is 5.56 Å². The summed E-state index contributed by atoms with van der Waals surface area (Å²) in [6.45, 7) is 0.444. The average molecular weight is 259 g/mol. The Balaban J connectivity index is 2.70. The highest BCUT2D eigenvalue weighted by Gasteiger charge is 2.39. The molecule has 0 aromatic heterocycles. The molecule has 6 heteroatoms. The third kappa shape index (κ3) is 3.96. The van der Waals surface area contributed by atoms with Crippen LogP contribution in [0.15, 0.2) is 24.3 Å². The van der Waals surface area contributed by atoms with Gasteiger partial charge in [-0.25, -0.2) is 0 Å². The van der Waals surface area contributed by atoms with E-state index in [1.54, 1.807) is 12.1 Å². The number of hydrogen-bond donors (Lipinski definition) is 1. The van der Waals surface area contributed by atoms with Crippen molar-refractivity contribution in [3.05, 3.63) is 35.4 Å². The van der Waals surface area contributed by atoms with Gasteiger partial charge in [-0.1, -0.05) is 24.3 Å². The van der Waals surface area contributed by atoms with E-state index in [2.05, 4.69) is 0 Å². The number of hydrogen-bond acceptors (Lipinski definition) is 3. The summed E-state index contributed by atoms with van der Waals surface area (Å²) >= 11 is 0. The summed E-state index contributed by atoms with van der Waals surface area (Å²) in [5.41, 5.74) is 6.31. The Hall–Kier alpha value is -1.69. The molecule has 0 spiro atoms. The maximum absolute atomic E-state index is 12.0. The van der Waals surface area contributed by atoms with E-state index in [1.807, 2.05) is 0 Å². The Kier molecular flexibility index (Phi) is 4.61. The number of halogens is 3. The second-order valence-electron chi connectivity index (χ2n) is 3.76. The minimum atomic E-state index is -4.96. The van der Waals surface area contributed by atoms with Crippen LogP contribution in [0.5, 0.6) is 0 Å². The van der Waals surface area contributed by atoms with Gasteiger partial charge < -0.3 is 5.73 Å². The smallest absolute Gasteiger partial charge is 0.330 e. The summed E-state index contributed by atoms with van der Waals surface area (Å²) in [7, 11) is 0. The van der Waals surface area contributed by atoms with Crippen LogP contribution in [0.4, 0.5) is 13.2 Å². The molecule has 0 fully saturated rings. The van der Waals surface area contributed by atoms with Crippen LogP contribution in [0.3, 0.4) is 0 Å². The second-order valence-corrected chi connectivity index (χ2v) is 3.76. The summed E-state index contributed by atoms with van der Waals surface area (Å²) in [5.74, 6) is -2.87. The minimum Gasteiger partial charge on any atom is -0.330 e. The molecule has 0 atom stereocenters. The lowest BCUT2D eigenvalue weighted by Crippen LogP contribution is -2.25. The topological polar surface area (TPSA) is 60.2 Å². The van der Waals surface area contributed by atoms with Crippen molar-refractivity contribution in [1.82, 2.24) is 0 Å². The molecule has 0 saturated heterocycles. The van der Waals surface area contributed by atoms with Crippen LogP contribution >= 0.6 is 0 Å². The maximum atomic E-state index is 12.0. The molecule has 3 nitrogen and oxygen atoms in total. The monoisotopic (exact) mass is 259 g/mol. The van der Waals surface area contributed by atoms with Crippen LogP contribution in [0.25, 0.3) is 0 Å². The first-order valence-corrected chi connectivity index (χ1v) is 5.27. The normalized spacial score (nSPS) is 11.3. The number of alkyl halides is 3. The Morgan fingerprint density at radius 3 is 2.11 bits per heavy atom. The number of nitrogens with two attached hydrogens (primary N) is 1. The Labute approximate surface area is 102 Å². The van der Waals surface area contributed by atoms with Crippen molar-refractivity contribution in [2.45, 2.75) is 19.0 Å². The second kappa shape index (κ2) is 5.77. The summed E-state index contributed by atoms with van der Waals surface area (Å²) in [5, 5.41) is 0. The standard InChI is InChI=1S/C12H12F3NO2/c13-12(14,15)11(18)7-10(17)9-3-1-8(2-4-9)5-6-16/h1-4H,5-7,16H2. The van der Waals surface area contributed by atoms with Crippen LogP contribution in [0.1, 0.15) is 22.3 Å². The zero-order valence-electron chi connectivity index (χ0n) is 9.46. The van der Waals surface area contributed by atoms with Crippen LogP contribution in [-0.2, 0) is 11.2 Å². The molecular formula is C12H12F3NO2. The molecule has 0 amide bonds. The number of carbonyl (C=O) groups excluding carboxylic acids is 2. The van der Waals surface area contributed by atoms with Gasteiger partial charge in [0.1, 0.15) is 0 Å². The van der Waals surface area contributed by atoms with Crippen LogP contribution in [0, 0.1) is 0 Å². The maximum Gasteiger partial charge on any atom is 0.450 e. The lowest BCUT2D eigenvalue weighted by molar-refractivity contribution is -0.170. The number of rotatable bonds is 5. The lowest BCUT2D eigenvalue weighted by atomic mass is 10.0. The predicted molar refractivity (Wildman–Crippen MR) is 59.2 cm³/mol. The molecule has 1 aromatic carbocycles. The fourth-order valence-electron chi connectivity index (χ4n) is 1.37. The van der Waals surface area contributed by atoms with Crippen LogP contribution < -0.4 is 5.73 Å². The van der Waals surface area contributed by atoms with Gasteiger partial charge >= 0.3 is 6.18 Å². The number of benzene rings is 1. The highest BCUT2D eigenvalue weighted by Crippen LogP contribution is 2.19. The van der Waals surface area contributed by atoms with Crippen molar-refractivity contribution in [2.75, 3.05) is 6.54 Å². The van der Waals surface area contributed by atoms with E-state index < -0.39 is 24.2 Å². The molecule has 0 heterocycles. The largest absolute Gasteiger partial charge is 0.450 e. The van der Waals surface area contributed by atoms with E-state index in [0.717, 1.165) is 5.56 Å². The van der Waals surface area contributed by atoms with Gasteiger partial charge in [0.15, 0.2) is 5.78 Å². The van der Waals surface area contributed by atoms with Crippen molar-refractivity contribution in [3.8, 4) is 0 Å². The van der Waals surface area contributed by atoms with Gasteiger partial charge in [-0.15, -0.1) is 0 Å². The van der Waals surface area contributed by atoms with Crippen molar-refractivity contribution in [1.29, 1.82) is 0 Å². The van der Waals surface area contributed by atoms with Crippen molar-refractivity contribution in [2.24, 2.45) is 5.73 Å².